The highest BCUT2D eigenvalue weighted by Gasteiger charge is 2.18. The minimum absolute atomic E-state index is 0.0242. The van der Waals surface area contributed by atoms with Crippen molar-refractivity contribution in [2.24, 2.45) is 0 Å². The average molecular weight is 436 g/mol. The molecule has 3 aromatic rings. The lowest BCUT2D eigenvalue weighted by atomic mass is 10.0. The molecule has 0 radical (unpaired) electrons. The molecule has 4 rings (SSSR count). The lowest BCUT2D eigenvalue weighted by Crippen LogP contribution is -2.35. The largest absolute Gasteiger partial charge is 0.506 e. The third kappa shape index (κ3) is 5.00. The summed E-state index contributed by atoms with van der Waals surface area (Å²) in [6.45, 7) is 2.70. The fourth-order valence-corrected chi connectivity index (χ4v) is 4.22. The van der Waals surface area contributed by atoms with Crippen molar-refractivity contribution in [1.82, 2.24) is 15.2 Å². The number of aromatic amines is 1. The maximum atomic E-state index is 12.6. The predicted octanol–water partition coefficient (Wildman–Crippen LogP) is 2.73. The molecule has 7 nitrogen and oxygen atoms in total. The molecule has 1 aliphatic heterocycles. The summed E-state index contributed by atoms with van der Waals surface area (Å²) in [6, 6.07) is 13.9. The maximum absolute atomic E-state index is 12.6. The second-order valence-electron chi connectivity index (χ2n) is 8.30. The summed E-state index contributed by atoms with van der Waals surface area (Å²) in [4.78, 5) is 28.6. The maximum Gasteiger partial charge on any atom is 0.253 e. The lowest BCUT2D eigenvalue weighted by Gasteiger charge is -2.26. The van der Waals surface area contributed by atoms with E-state index in [9.17, 15) is 19.8 Å². The van der Waals surface area contributed by atoms with Crippen LogP contribution in [0.3, 0.4) is 0 Å². The van der Waals surface area contributed by atoms with E-state index in [1.807, 2.05) is 29.2 Å². The Morgan fingerprint density at radius 3 is 2.53 bits per heavy atom. The number of aliphatic hydroxyl groups is 1. The van der Waals surface area contributed by atoms with Crippen molar-refractivity contribution in [3.05, 3.63) is 75.6 Å². The summed E-state index contributed by atoms with van der Waals surface area (Å²) in [7, 11) is 0. The Balaban J connectivity index is 1.30. The molecule has 0 saturated carbocycles. The number of aliphatic hydroxyl groups excluding tert-OH is 1. The van der Waals surface area contributed by atoms with E-state index in [1.165, 1.54) is 18.6 Å². The summed E-state index contributed by atoms with van der Waals surface area (Å²) >= 11 is 0. The van der Waals surface area contributed by atoms with Gasteiger partial charge in [0, 0.05) is 36.7 Å². The number of nitrogens with zero attached hydrogens (tertiary/aromatic N) is 1. The second-order valence-corrected chi connectivity index (χ2v) is 8.30. The Kier molecular flexibility index (Phi) is 6.87. The van der Waals surface area contributed by atoms with Gasteiger partial charge in [0.1, 0.15) is 5.75 Å². The zero-order chi connectivity index (χ0) is 22.5. The molecule has 32 heavy (non-hydrogen) atoms. The number of amides is 1. The van der Waals surface area contributed by atoms with Crippen LogP contribution in [0, 0.1) is 0 Å². The van der Waals surface area contributed by atoms with Crippen molar-refractivity contribution in [3.63, 3.8) is 0 Å². The van der Waals surface area contributed by atoms with Crippen LogP contribution in [0.5, 0.6) is 5.75 Å². The van der Waals surface area contributed by atoms with Crippen molar-refractivity contribution >= 4 is 16.8 Å². The first-order valence-corrected chi connectivity index (χ1v) is 11.1. The number of nitrogens with one attached hydrogen (secondary N) is 2. The highest BCUT2D eigenvalue weighted by atomic mass is 16.3. The standard InChI is InChI=1S/C25H29N3O4/c29-21-10-8-19(20-9-11-23(31)27-24(20)21)22(30)16-26-13-12-17-4-6-18(7-5-17)25(32)28-14-2-1-3-15-28/h4-11,22,26,29-30H,1-3,12-16H2,(H,27,31)/t22-/m0/s1. The smallest absolute Gasteiger partial charge is 0.253 e. The van der Waals surface area contributed by atoms with Crippen LogP contribution in [-0.2, 0) is 6.42 Å². The van der Waals surface area contributed by atoms with Crippen LogP contribution in [0.25, 0.3) is 10.9 Å². The molecule has 0 aliphatic carbocycles. The quantitative estimate of drug-likeness (QED) is 0.427. The van der Waals surface area contributed by atoms with Crippen LogP contribution >= 0.6 is 0 Å². The molecule has 1 atom stereocenters. The van der Waals surface area contributed by atoms with Gasteiger partial charge in [-0.3, -0.25) is 9.59 Å². The average Bonchev–Trinajstić information content (AvgIpc) is 2.83. The van der Waals surface area contributed by atoms with Crippen molar-refractivity contribution in [3.8, 4) is 5.75 Å². The molecule has 4 N–H and O–H groups in total. The molecule has 1 aromatic heterocycles. The van der Waals surface area contributed by atoms with Crippen LogP contribution in [0.15, 0.2) is 53.3 Å². The van der Waals surface area contributed by atoms with E-state index in [0.29, 0.717) is 29.6 Å². The molecular weight excluding hydrogens is 406 g/mol. The van der Waals surface area contributed by atoms with Crippen LogP contribution < -0.4 is 10.9 Å². The first-order chi connectivity index (χ1) is 15.5. The third-order valence-electron chi connectivity index (χ3n) is 6.04. The summed E-state index contributed by atoms with van der Waals surface area (Å²) in [5.74, 6) is 0.0868. The van der Waals surface area contributed by atoms with E-state index in [-0.39, 0.29) is 17.2 Å². The minimum atomic E-state index is -0.784. The van der Waals surface area contributed by atoms with Gasteiger partial charge in [-0.05, 0) is 67.6 Å². The Bertz CT molecular complexity index is 1130. The number of piperidine rings is 1. The number of hydrogen-bond donors (Lipinski definition) is 4. The predicted molar refractivity (Wildman–Crippen MR) is 124 cm³/mol. The Hall–Kier alpha value is -3.16. The minimum Gasteiger partial charge on any atom is -0.506 e. The Morgan fingerprint density at radius 1 is 1.03 bits per heavy atom. The lowest BCUT2D eigenvalue weighted by molar-refractivity contribution is 0.0724. The molecule has 7 heteroatoms. The molecule has 2 heterocycles. The van der Waals surface area contributed by atoms with E-state index in [0.717, 1.165) is 43.5 Å². The van der Waals surface area contributed by atoms with Crippen LogP contribution in [0.2, 0.25) is 0 Å². The van der Waals surface area contributed by atoms with Crippen LogP contribution in [0.4, 0.5) is 0 Å². The molecule has 0 spiro atoms. The molecule has 1 amide bonds. The summed E-state index contributed by atoms with van der Waals surface area (Å²) in [5.41, 5.74) is 2.52. The van der Waals surface area contributed by atoms with Gasteiger partial charge in [-0.25, -0.2) is 0 Å². The van der Waals surface area contributed by atoms with E-state index >= 15 is 0 Å². The van der Waals surface area contributed by atoms with Gasteiger partial charge >= 0.3 is 0 Å². The molecule has 168 valence electrons. The molecule has 1 aliphatic rings. The number of rotatable bonds is 7. The fourth-order valence-electron chi connectivity index (χ4n) is 4.22. The number of likely N-dealkylation sites (tertiary alicyclic amines) is 1. The van der Waals surface area contributed by atoms with Gasteiger partial charge < -0.3 is 25.4 Å². The zero-order valence-corrected chi connectivity index (χ0v) is 18.0. The Morgan fingerprint density at radius 2 is 1.78 bits per heavy atom. The summed E-state index contributed by atoms with van der Waals surface area (Å²) in [6.07, 6.45) is 3.36. The molecule has 0 unspecified atom stereocenters. The van der Waals surface area contributed by atoms with Crippen molar-refractivity contribution < 1.29 is 15.0 Å². The van der Waals surface area contributed by atoms with E-state index in [1.54, 1.807) is 12.1 Å². The second kappa shape index (κ2) is 9.97. The van der Waals surface area contributed by atoms with Crippen molar-refractivity contribution in [1.29, 1.82) is 0 Å². The van der Waals surface area contributed by atoms with Gasteiger partial charge in [-0.2, -0.15) is 0 Å². The number of benzene rings is 2. The number of phenolic OH excluding ortho intramolecular Hbond substituents is 1. The number of H-pyrrole nitrogens is 1. The Labute approximate surface area is 186 Å². The molecular formula is C25H29N3O4. The number of pyridine rings is 1. The number of aromatic hydroxyl groups is 1. The van der Waals surface area contributed by atoms with E-state index < -0.39 is 6.10 Å². The molecule has 0 bridgehead atoms. The third-order valence-corrected chi connectivity index (χ3v) is 6.04. The number of carbonyl (C=O) groups is 1. The topological polar surface area (TPSA) is 106 Å². The van der Waals surface area contributed by atoms with Gasteiger partial charge in [-0.15, -0.1) is 0 Å². The molecule has 1 fully saturated rings. The zero-order valence-electron chi connectivity index (χ0n) is 18.0. The van der Waals surface area contributed by atoms with E-state index in [4.69, 9.17) is 0 Å². The number of phenols is 1. The highest BCUT2D eigenvalue weighted by Crippen LogP contribution is 2.28. The van der Waals surface area contributed by atoms with Gasteiger partial charge in [0.25, 0.3) is 5.91 Å². The summed E-state index contributed by atoms with van der Waals surface area (Å²) < 4.78 is 0. The first kappa shape index (κ1) is 22.0. The fraction of sp³-hybridized carbons (Fsp3) is 0.360. The first-order valence-electron chi connectivity index (χ1n) is 11.1. The van der Waals surface area contributed by atoms with Gasteiger partial charge in [0.05, 0.1) is 11.6 Å². The van der Waals surface area contributed by atoms with Crippen LogP contribution in [-0.4, -0.2) is 52.2 Å². The SMILES string of the molecule is O=C(c1ccc(CCNC[C@H](O)c2ccc(O)c3[nH]c(=O)ccc23)cc1)N1CCCCC1. The van der Waals surface area contributed by atoms with Crippen LogP contribution in [0.1, 0.15) is 46.9 Å². The normalized spacial score (nSPS) is 15.1. The number of carbonyl (C=O) groups excluding carboxylic acids is 1. The molecule has 1 saturated heterocycles. The van der Waals surface area contributed by atoms with Gasteiger partial charge in [0.15, 0.2) is 0 Å². The van der Waals surface area contributed by atoms with Gasteiger partial charge in [-0.1, -0.05) is 18.2 Å². The number of hydrogen-bond acceptors (Lipinski definition) is 5. The monoisotopic (exact) mass is 435 g/mol. The number of aromatic nitrogens is 1. The van der Waals surface area contributed by atoms with Crippen molar-refractivity contribution in [2.45, 2.75) is 31.8 Å². The van der Waals surface area contributed by atoms with E-state index in [2.05, 4.69) is 10.3 Å². The number of fused-ring (bicyclic) bond motifs is 1. The van der Waals surface area contributed by atoms with Crippen molar-refractivity contribution in [2.75, 3.05) is 26.2 Å². The highest BCUT2D eigenvalue weighted by molar-refractivity contribution is 5.94. The summed E-state index contributed by atoms with van der Waals surface area (Å²) in [5, 5.41) is 24.5. The van der Waals surface area contributed by atoms with Gasteiger partial charge in [0.2, 0.25) is 5.56 Å². The molecule has 2 aromatic carbocycles.